The van der Waals surface area contributed by atoms with Crippen LogP contribution in [0.15, 0.2) is 115 Å². The van der Waals surface area contributed by atoms with Crippen LogP contribution < -0.4 is 5.32 Å². The third kappa shape index (κ3) is 5.48. The van der Waals surface area contributed by atoms with E-state index in [1.54, 1.807) is 88.0 Å². The summed E-state index contributed by atoms with van der Waals surface area (Å²) in [5.74, 6) is -39.6. The van der Waals surface area contributed by atoms with Crippen molar-refractivity contribution in [1.82, 2.24) is 14.5 Å². The zero-order valence-electron chi connectivity index (χ0n) is 27.4. The van der Waals surface area contributed by atoms with Gasteiger partial charge in [0.2, 0.25) is 0 Å². The van der Waals surface area contributed by atoms with Crippen LogP contribution in [0, 0.1) is 0 Å². The molecule has 7 aromatic rings. The van der Waals surface area contributed by atoms with Gasteiger partial charge in [0.1, 0.15) is 0 Å². The molecule has 2 aromatic heterocycles. The molecule has 1 amide bonds. The molecule has 0 radical (unpaired) electrons. The molecular formula is C38H22F13N3O. The van der Waals surface area contributed by atoms with Crippen LogP contribution in [-0.4, -0.2) is 57.4 Å². The number of nitrogens with zero attached hydrogens (tertiary/aromatic N) is 2. The molecule has 0 bridgehead atoms. The van der Waals surface area contributed by atoms with E-state index < -0.39 is 53.8 Å². The first-order chi connectivity index (χ1) is 25.6. The Morgan fingerprint density at radius 1 is 0.455 bits per heavy atom. The molecule has 0 aliphatic carbocycles. The van der Waals surface area contributed by atoms with Crippen molar-refractivity contribution >= 4 is 49.5 Å². The van der Waals surface area contributed by atoms with Crippen LogP contribution in [0.3, 0.4) is 0 Å². The van der Waals surface area contributed by atoms with Gasteiger partial charge in [-0.05, 0) is 42.5 Å². The number of para-hydroxylation sites is 4. The van der Waals surface area contributed by atoms with Gasteiger partial charge in [-0.1, -0.05) is 72.8 Å². The van der Waals surface area contributed by atoms with Gasteiger partial charge in [-0.3, -0.25) is 4.79 Å². The van der Waals surface area contributed by atoms with Crippen LogP contribution in [0.25, 0.3) is 55.0 Å². The molecule has 1 N–H and O–H groups in total. The van der Waals surface area contributed by atoms with Gasteiger partial charge in [-0.2, -0.15) is 57.1 Å². The number of nitrogens with one attached hydrogen (secondary N) is 1. The van der Waals surface area contributed by atoms with Crippen LogP contribution >= 0.6 is 0 Å². The summed E-state index contributed by atoms with van der Waals surface area (Å²) in [6.07, 6.45) is -7.53. The number of alkyl halides is 13. The number of hydrogen-bond acceptors (Lipinski definition) is 1. The molecule has 17 heteroatoms. The van der Waals surface area contributed by atoms with Crippen LogP contribution in [0.5, 0.6) is 0 Å². The van der Waals surface area contributed by atoms with E-state index in [-0.39, 0.29) is 11.4 Å². The standard InChI is InChI=1S/C38H22F13N3O/c39-33(40,34(41,42)35(43,44)36(45,46)37(47,48)38(49,50)51)20-52-32(55)21-17-22(53-28-13-5-1-9-24(28)25-10-2-6-14-29(25)53)19-23(18-21)54-30-15-7-3-11-26(30)27-12-4-8-16-31(27)54/h1-19H,20H2,(H,52,55). The van der Waals surface area contributed by atoms with Gasteiger partial charge in [0.15, 0.2) is 0 Å². The number of amides is 1. The maximum absolute atomic E-state index is 14.8. The minimum atomic E-state index is -8.05. The number of carbonyl (C=O) groups excluding carboxylic acids is 1. The van der Waals surface area contributed by atoms with E-state index in [1.165, 1.54) is 5.32 Å². The van der Waals surface area contributed by atoms with Crippen molar-refractivity contribution in [2.75, 3.05) is 6.54 Å². The summed E-state index contributed by atoms with van der Waals surface area (Å²) in [4.78, 5) is 13.5. The molecule has 0 unspecified atom stereocenters. The molecule has 0 spiro atoms. The van der Waals surface area contributed by atoms with E-state index in [0.29, 0.717) is 22.1 Å². The Kier molecular flexibility index (Phi) is 8.47. The van der Waals surface area contributed by atoms with Crippen molar-refractivity contribution in [3.05, 3.63) is 121 Å². The van der Waals surface area contributed by atoms with Gasteiger partial charge in [-0.15, -0.1) is 0 Å². The molecule has 2 heterocycles. The molecule has 0 saturated carbocycles. The number of rotatable bonds is 9. The highest BCUT2D eigenvalue weighted by Gasteiger charge is 2.90. The Morgan fingerprint density at radius 3 is 1.13 bits per heavy atom. The van der Waals surface area contributed by atoms with E-state index in [1.807, 2.05) is 24.3 Å². The zero-order valence-corrected chi connectivity index (χ0v) is 27.4. The van der Waals surface area contributed by atoms with Gasteiger partial charge in [0, 0.05) is 38.5 Å². The maximum Gasteiger partial charge on any atom is 0.460 e. The predicted molar refractivity (Wildman–Crippen MR) is 178 cm³/mol. The molecule has 5 aromatic carbocycles. The second-order valence-corrected chi connectivity index (χ2v) is 12.7. The summed E-state index contributed by atoms with van der Waals surface area (Å²) in [7, 11) is 0. The van der Waals surface area contributed by atoms with Crippen molar-refractivity contribution in [3.8, 4) is 11.4 Å². The molecule has 7 rings (SSSR count). The SMILES string of the molecule is O=C(NCC(F)(F)C(F)(F)C(F)(F)C(F)(F)C(F)(F)C(F)(F)F)c1cc(-n2c3ccccc3c3ccccc32)cc(-n2c3ccccc3c3ccccc32)c1. The second kappa shape index (κ2) is 12.4. The molecule has 0 saturated heterocycles. The van der Waals surface area contributed by atoms with Gasteiger partial charge in [0.05, 0.1) is 28.6 Å². The van der Waals surface area contributed by atoms with Crippen molar-refractivity contribution in [2.24, 2.45) is 0 Å². The zero-order chi connectivity index (χ0) is 39.9. The Bertz CT molecular complexity index is 2380. The largest absolute Gasteiger partial charge is 0.460 e. The summed E-state index contributed by atoms with van der Waals surface area (Å²) in [6.45, 7) is -2.88. The molecule has 0 atom stereocenters. The Labute approximate surface area is 300 Å². The first-order valence-corrected chi connectivity index (χ1v) is 16.0. The van der Waals surface area contributed by atoms with Crippen molar-refractivity contribution in [2.45, 2.75) is 35.8 Å². The van der Waals surface area contributed by atoms with E-state index in [9.17, 15) is 61.9 Å². The number of aromatic nitrogens is 2. The highest BCUT2D eigenvalue weighted by Crippen LogP contribution is 2.60. The lowest BCUT2D eigenvalue weighted by atomic mass is 9.94. The lowest BCUT2D eigenvalue weighted by Gasteiger charge is -2.39. The van der Waals surface area contributed by atoms with Crippen LogP contribution in [-0.2, 0) is 0 Å². The number of halogens is 13. The van der Waals surface area contributed by atoms with Gasteiger partial charge >= 0.3 is 35.8 Å². The smallest absolute Gasteiger partial charge is 0.346 e. The monoisotopic (exact) mass is 783 g/mol. The summed E-state index contributed by atoms with van der Waals surface area (Å²) in [5, 5.41) is 4.26. The maximum atomic E-state index is 14.8. The van der Waals surface area contributed by atoms with Crippen molar-refractivity contribution < 1.29 is 61.9 Å². The number of benzene rings is 5. The first kappa shape index (κ1) is 37.6. The quantitative estimate of drug-likeness (QED) is 0.146. The minimum absolute atomic E-state index is 0.208. The average Bonchev–Trinajstić information content (AvgIpc) is 3.66. The van der Waals surface area contributed by atoms with Crippen molar-refractivity contribution in [1.29, 1.82) is 0 Å². The second-order valence-electron chi connectivity index (χ2n) is 12.7. The fourth-order valence-corrected chi connectivity index (χ4v) is 6.59. The van der Waals surface area contributed by atoms with Crippen molar-refractivity contribution in [3.63, 3.8) is 0 Å². The molecule has 55 heavy (non-hydrogen) atoms. The highest BCUT2D eigenvalue weighted by atomic mass is 19.4. The van der Waals surface area contributed by atoms with E-state index >= 15 is 0 Å². The summed E-state index contributed by atoms with van der Waals surface area (Å²) in [6, 6.07) is 32.1. The fraction of sp³-hybridized carbons (Fsp3) is 0.184. The van der Waals surface area contributed by atoms with E-state index in [0.717, 1.165) is 33.7 Å². The minimum Gasteiger partial charge on any atom is -0.346 e. The lowest BCUT2D eigenvalue weighted by molar-refractivity contribution is -0.439. The van der Waals surface area contributed by atoms with Crippen LogP contribution in [0.2, 0.25) is 0 Å². The summed E-state index contributed by atoms with van der Waals surface area (Å²) < 4.78 is 182. The first-order valence-electron chi connectivity index (χ1n) is 16.0. The van der Waals surface area contributed by atoms with Gasteiger partial charge in [0.25, 0.3) is 5.91 Å². The van der Waals surface area contributed by atoms with Gasteiger partial charge in [-0.25, -0.2) is 0 Å². The fourth-order valence-electron chi connectivity index (χ4n) is 6.59. The number of carbonyl (C=O) groups is 1. The third-order valence-electron chi connectivity index (χ3n) is 9.31. The van der Waals surface area contributed by atoms with Crippen LogP contribution in [0.1, 0.15) is 10.4 Å². The summed E-state index contributed by atoms with van der Waals surface area (Å²) >= 11 is 0. The highest BCUT2D eigenvalue weighted by molar-refractivity contribution is 6.11. The lowest BCUT2D eigenvalue weighted by Crippen LogP contribution is -2.71. The average molecular weight is 784 g/mol. The topological polar surface area (TPSA) is 39.0 Å². The third-order valence-corrected chi connectivity index (χ3v) is 9.31. The molecular weight excluding hydrogens is 761 g/mol. The molecule has 0 aliphatic rings. The van der Waals surface area contributed by atoms with E-state index in [2.05, 4.69) is 0 Å². The molecule has 0 fully saturated rings. The Hall–Kier alpha value is -5.74. The molecule has 0 aliphatic heterocycles. The predicted octanol–water partition coefficient (Wildman–Crippen LogP) is 11.3. The normalized spacial score (nSPS) is 13.7. The van der Waals surface area contributed by atoms with Crippen LogP contribution in [0.4, 0.5) is 57.1 Å². The number of fused-ring (bicyclic) bond motifs is 6. The van der Waals surface area contributed by atoms with E-state index in [4.69, 9.17) is 0 Å². The van der Waals surface area contributed by atoms with Gasteiger partial charge < -0.3 is 14.5 Å². The Morgan fingerprint density at radius 2 is 0.782 bits per heavy atom. The summed E-state index contributed by atoms with van der Waals surface area (Å²) in [5.41, 5.74) is 2.26. The molecule has 286 valence electrons. The molecule has 4 nitrogen and oxygen atoms in total. The Balaban J connectivity index is 1.35. The number of hydrogen-bond donors (Lipinski definition) is 1.